The Balaban J connectivity index is 2.01. The summed E-state index contributed by atoms with van der Waals surface area (Å²) in [4.78, 5) is 39.6. The highest BCUT2D eigenvalue weighted by molar-refractivity contribution is 5.98. The van der Waals surface area contributed by atoms with Crippen molar-refractivity contribution in [2.45, 2.75) is 88.9 Å². The largest absolute Gasteiger partial charge is 0.494 e. The number of nitrogens with zero attached hydrogens (tertiary/aromatic N) is 2. The standard InChI is InChI=1S/C20H31N3O6/c1-20(10-6-3-7-11-20)23-18(28)15(16(26)21-12-14(24)25)17(27)22(19(23)29)13-8-4-2-5-9-13/h13,17,27-28H,2-12H2,1H3,(H,21,26)(H,24,25). The number of aliphatic carboxylic acids is 1. The number of rotatable bonds is 5. The Morgan fingerprint density at radius 1 is 1.10 bits per heavy atom. The molecule has 1 aliphatic heterocycles. The predicted molar refractivity (Wildman–Crippen MR) is 104 cm³/mol. The molecule has 2 fully saturated rings. The number of carboxylic acid groups (broad SMARTS) is 1. The zero-order valence-corrected chi connectivity index (χ0v) is 16.9. The molecule has 9 nitrogen and oxygen atoms in total. The zero-order chi connectivity index (χ0) is 21.2. The first-order valence-corrected chi connectivity index (χ1v) is 10.5. The minimum atomic E-state index is -1.61. The van der Waals surface area contributed by atoms with E-state index in [0.29, 0.717) is 12.8 Å². The average Bonchev–Trinajstić information content (AvgIpc) is 2.67. The summed E-state index contributed by atoms with van der Waals surface area (Å²) in [6.45, 7) is 1.25. The number of aliphatic hydroxyl groups excluding tert-OH is 2. The first-order chi connectivity index (χ1) is 13.8. The van der Waals surface area contributed by atoms with Gasteiger partial charge in [0, 0.05) is 11.6 Å². The third kappa shape index (κ3) is 4.19. The molecule has 4 N–H and O–H groups in total. The number of carboxylic acids is 1. The fraction of sp³-hybridized carbons (Fsp3) is 0.750. The van der Waals surface area contributed by atoms with E-state index >= 15 is 0 Å². The van der Waals surface area contributed by atoms with E-state index in [9.17, 15) is 24.6 Å². The molecule has 2 aliphatic carbocycles. The van der Waals surface area contributed by atoms with Crippen LogP contribution in [-0.2, 0) is 9.59 Å². The SMILES string of the molecule is CC1(N2C(=O)N(C3CCCCC3)C(O)C(C(=O)NCC(=O)O)=C2O)CCCCC1. The van der Waals surface area contributed by atoms with Crippen molar-refractivity contribution in [3.05, 3.63) is 11.5 Å². The van der Waals surface area contributed by atoms with Crippen molar-refractivity contribution in [3.8, 4) is 0 Å². The molecule has 162 valence electrons. The molecule has 3 aliphatic rings. The second kappa shape index (κ2) is 8.61. The van der Waals surface area contributed by atoms with E-state index in [1.54, 1.807) is 0 Å². The molecule has 0 spiro atoms. The second-order valence-electron chi connectivity index (χ2n) is 8.56. The summed E-state index contributed by atoms with van der Waals surface area (Å²) >= 11 is 0. The molecule has 3 amide bonds. The summed E-state index contributed by atoms with van der Waals surface area (Å²) < 4.78 is 0. The third-order valence-corrected chi connectivity index (χ3v) is 6.47. The maximum Gasteiger partial charge on any atom is 0.329 e. The van der Waals surface area contributed by atoms with Crippen molar-refractivity contribution < 1.29 is 29.7 Å². The Bertz CT molecular complexity index is 694. The normalized spacial score (nSPS) is 25.9. The maximum atomic E-state index is 13.5. The highest BCUT2D eigenvalue weighted by Gasteiger charge is 2.50. The summed E-state index contributed by atoms with van der Waals surface area (Å²) in [7, 11) is 0. The molecule has 0 aromatic heterocycles. The lowest BCUT2D eigenvalue weighted by molar-refractivity contribution is -0.138. The number of hydrogen-bond donors (Lipinski definition) is 4. The van der Waals surface area contributed by atoms with E-state index in [-0.39, 0.29) is 11.6 Å². The van der Waals surface area contributed by atoms with Crippen LogP contribution in [0.25, 0.3) is 0 Å². The minimum Gasteiger partial charge on any atom is -0.494 e. The topological polar surface area (TPSA) is 130 Å². The van der Waals surface area contributed by atoms with Gasteiger partial charge < -0.3 is 20.6 Å². The lowest BCUT2D eigenvalue weighted by Crippen LogP contribution is -2.64. The number of aliphatic hydroxyl groups is 2. The number of carbonyl (C=O) groups excluding carboxylic acids is 2. The van der Waals surface area contributed by atoms with E-state index in [1.165, 1.54) is 9.80 Å². The van der Waals surface area contributed by atoms with Crippen LogP contribution in [0.3, 0.4) is 0 Å². The van der Waals surface area contributed by atoms with Gasteiger partial charge in [0.25, 0.3) is 5.91 Å². The van der Waals surface area contributed by atoms with Crippen LogP contribution in [0, 0.1) is 0 Å². The third-order valence-electron chi connectivity index (χ3n) is 6.47. The summed E-state index contributed by atoms with van der Waals surface area (Å²) in [5, 5.41) is 32.9. The molecule has 3 rings (SSSR count). The Labute approximate surface area is 170 Å². The predicted octanol–water partition coefficient (Wildman–Crippen LogP) is 2.07. The molecular formula is C20H31N3O6. The van der Waals surface area contributed by atoms with Gasteiger partial charge in [-0.05, 0) is 32.6 Å². The summed E-state index contributed by atoms with van der Waals surface area (Å²) in [6, 6.07) is -0.711. The van der Waals surface area contributed by atoms with Gasteiger partial charge in [0.2, 0.25) is 5.88 Å². The molecule has 0 saturated heterocycles. The Kier molecular flexibility index (Phi) is 6.36. The van der Waals surface area contributed by atoms with Crippen LogP contribution in [0.2, 0.25) is 0 Å². The van der Waals surface area contributed by atoms with Gasteiger partial charge in [0.1, 0.15) is 12.1 Å². The van der Waals surface area contributed by atoms with Crippen molar-refractivity contribution in [1.29, 1.82) is 0 Å². The molecule has 0 bridgehead atoms. The van der Waals surface area contributed by atoms with Crippen LogP contribution in [0.4, 0.5) is 4.79 Å². The average molecular weight is 409 g/mol. The van der Waals surface area contributed by atoms with Crippen LogP contribution in [-0.4, -0.2) is 67.4 Å². The fourth-order valence-electron chi connectivity index (χ4n) is 4.89. The molecule has 1 atom stereocenters. The Hall–Kier alpha value is -2.29. The highest BCUT2D eigenvalue weighted by atomic mass is 16.4. The first-order valence-electron chi connectivity index (χ1n) is 10.5. The van der Waals surface area contributed by atoms with Crippen molar-refractivity contribution in [2.24, 2.45) is 0 Å². The van der Waals surface area contributed by atoms with Crippen LogP contribution < -0.4 is 5.32 Å². The van der Waals surface area contributed by atoms with Crippen molar-refractivity contribution >= 4 is 17.9 Å². The molecule has 9 heteroatoms. The number of carbonyl (C=O) groups is 3. The molecular weight excluding hydrogens is 378 g/mol. The van der Waals surface area contributed by atoms with E-state index in [0.717, 1.165) is 51.4 Å². The van der Waals surface area contributed by atoms with E-state index in [2.05, 4.69) is 5.32 Å². The van der Waals surface area contributed by atoms with Crippen LogP contribution in [0.5, 0.6) is 0 Å². The summed E-state index contributed by atoms with van der Waals surface area (Å²) in [5.41, 5.74) is -1.02. The van der Waals surface area contributed by atoms with Crippen molar-refractivity contribution in [1.82, 2.24) is 15.1 Å². The lowest BCUT2D eigenvalue weighted by Gasteiger charge is -2.50. The highest BCUT2D eigenvalue weighted by Crippen LogP contribution is 2.41. The maximum absolute atomic E-state index is 13.5. The molecule has 29 heavy (non-hydrogen) atoms. The molecule has 2 saturated carbocycles. The number of nitrogens with one attached hydrogen (secondary N) is 1. The lowest BCUT2D eigenvalue weighted by atomic mass is 9.81. The van der Waals surface area contributed by atoms with Crippen molar-refractivity contribution in [3.63, 3.8) is 0 Å². The molecule has 1 unspecified atom stereocenters. The minimum absolute atomic E-state index is 0.226. The van der Waals surface area contributed by atoms with Crippen LogP contribution in [0.15, 0.2) is 11.5 Å². The Morgan fingerprint density at radius 2 is 1.69 bits per heavy atom. The Morgan fingerprint density at radius 3 is 2.28 bits per heavy atom. The van der Waals surface area contributed by atoms with E-state index in [1.807, 2.05) is 6.92 Å². The van der Waals surface area contributed by atoms with E-state index in [4.69, 9.17) is 5.11 Å². The molecule has 0 radical (unpaired) electrons. The summed E-state index contributed by atoms with van der Waals surface area (Å²) in [6.07, 6.45) is 6.96. The number of hydrogen-bond acceptors (Lipinski definition) is 5. The first kappa shape index (κ1) is 21.4. The van der Waals surface area contributed by atoms with Gasteiger partial charge in [0.15, 0.2) is 6.23 Å². The van der Waals surface area contributed by atoms with Gasteiger partial charge in [-0.1, -0.05) is 38.5 Å². The fourth-order valence-corrected chi connectivity index (χ4v) is 4.89. The number of urea groups is 1. The van der Waals surface area contributed by atoms with Gasteiger partial charge in [-0.3, -0.25) is 19.4 Å². The summed E-state index contributed by atoms with van der Waals surface area (Å²) in [5.74, 6) is -2.68. The van der Waals surface area contributed by atoms with Crippen LogP contribution in [0.1, 0.15) is 71.1 Å². The molecule has 1 heterocycles. The number of amides is 3. The van der Waals surface area contributed by atoms with E-state index < -0.39 is 42.1 Å². The zero-order valence-electron chi connectivity index (χ0n) is 16.9. The monoisotopic (exact) mass is 409 g/mol. The van der Waals surface area contributed by atoms with Crippen molar-refractivity contribution in [2.75, 3.05) is 6.54 Å². The van der Waals surface area contributed by atoms with Gasteiger partial charge in [-0.15, -0.1) is 0 Å². The van der Waals surface area contributed by atoms with Gasteiger partial charge in [0.05, 0.1) is 0 Å². The smallest absolute Gasteiger partial charge is 0.329 e. The van der Waals surface area contributed by atoms with Crippen LogP contribution >= 0.6 is 0 Å². The van der Waals surface area contributed by atoms with Gasteiger partial charge >= 0.3 is 12.0 Å². The molecule has 0 aromatic carbocycles. The quantitative estimate of drug-likeness (QED) is 0.550. The van der Waals surface area contributed by atoms with Gasteiger partial charge in [-0.25, -0.2) is 4.79 Å². The van der Waals surface area contributed by atoms with Gasteiger partial charge in [-0.2, -0.15) is 0 Å². The second-order valence-corrected chi connectivity index (χ2v) is 8.56. The molecule has 0 aromatic rings.